The number of hydrogen-bond donors (Lipinski definition) is 4. The van der Waals surface area contributed by atoms with Crippen molar-refractivity contribution in [3.63, 3.8) is 0 Å². The van der Waals surface area contributed by atoms with Crippen LogP contribution in [0.15, 0.2) is 66.9 Å². The molecule has 1 atom stereocenters. The van der Waals surface area contributed by atoms with Crippen LogP contribution in [0.25, 0.3) is 22.0 Å². The van der Waals surface area contributed by atoms with Gasteiger partial charge in [0.05, 0.1) is 18.2 Å². The molecule has 0 saturated heterocycles. The summed E-state index contributed by atoms with van der Waals surface area (Å²) in [6, 6.07) is 18.9. The summed E-state index contributed by atoms with van der Waals surface area (Å²) >= 11 is 0. The Balaban J connectivity index is 1.39. The molecular weight excluding hydrogens is 470 g/mol. The predicted molar refractivity (Wildman–Crippen MR) is 141 cm³/mol. The number of aromatic amines is 1. The number of aromatic nitrogens is 1. The van der Waals surface area contributed by atoms with Crippen molar-refractivity contribution in [2.24, 2.45) is 0 Å². The topological polar surface area (TPSA) is 113 Å². The lowest BCUT2D eigenvalue weighted by atomic mass is 9.99. The van der Waals surface area contributed by atoms with E-state index in [1.807, 2.05) is 60.8 Å². The van der Waals surface area contributed by atoms with E-state index in [0.717, 1.165) is 33.2 Å². The molecule has 2 amide bonds. The Bertz CT molecular complexity index is 1430. The van der Waals surface area contributed by atoms with Gasteiger partial charge in [0.15, 0.2) is 11.5 Å². The van der Waals surface area contributed by atoms with Gasteiger partial charge in [-0.3, -0.25) is 9.59 Å². The van der Waals surface area contributed by atoms with Gasteiger partial charge in [0, 0.05) is 30.6 Å². The third-order valence-corrected chi connectivity index (χ3v) is 6.41. The molecule has 37 heavy (non-hydrogen) atoms. The number of carbonyl (C=O) groups excluding carboxylic acids is 2. The fourth-order valence-electron chi connectivity index (χ4n) is 4.52. The summed E-state index contributed by atoms with van der Waals surface area (Å²) in [5, 5.41) is 16.9. The second kappa shape index (κ2) is 10.8. The minimum atomic E-state index is -0.483. The second-order valence-corrected chi connectivity index (χ2v) is 9.07. The van der Waals surface area contributed by atoms with Crippen LogP contribution in [0.4, 0.5) is 0 Å². The first-order valence-electron chi connectivity index (χ1n) is 12.3. The molecule has 5 rings (SSSR count). The standard InChI is InChI=1S/C29H29N3O5/c1-18(34)30-15-19-6-8-20(9-7-19)21-13-25(28-27(14-21)36-10-11-37-28)29(35)32-23(17-33)12-22-16-31-26-5-3-2-4-24(22)26/h2-9,13-14,16,23,31,33H,10-12,15,17H2,1H3,(H,30,34)(H,32,35)/t23-/m1/s1. The van der Waals surface area contributed by atoms with Crippen molar-refractivity contribution in [3.05, 3.63) is 83.6 Å². The van der Waals surface area contributed by atoms with Crippen LogP contribution in [-0.2, 0) is 17.8 Å². The van der Waals surface area contributed by atoms with Crippen LogP contribution in [0.3, 0.4) is 0 Å². The largest absolute Gasteiger partial charge is 0.486 e. The molecule has 3 aromatic carbocycles. The normalized spacial score (nSPS) is 13.2. The van der Waals surface area contributed by atoms with E-state index in [2.05, 4.69) is 15.6 Å². The van der Waals surface area contributed by atoms with Crippen LogP contribution in [-0.4, -0.2) is 47.8 Å². The van der Waals surface area contributed by atoms with Crippen molar-refractivity contribution >= 4 is 22.7 Å². The van der Waals surface area contributed by atoms with Crippen LogP contribution in [0.1, 0.15) is 28.4 Å². The summed E-state index contributed by atoms with van der Waals surface area (Å²) in [6.45, 7) is 2.47. The maximum atomic E-state index is 13.5. The lowest BCUT2D eigenvalue weighted by Gasteiger charge is -2.23. The molecule has 1 aliphatic heterocycles. The van der Waals surface area contributed by atoms with Gasteiger partial charge in [-0.1, -0.05) is 42.5 Å². The number of H-pyrrole nitrogens is 1. The highest BCUT2D eigenvalue weighted by atomic mass is 16.6. The first-order chi connectivity index (χ1) is 18.0. The third-order valence-electron chi connectivity index (χ3n) is 6.41. The van der Waals surface area contributed by atoms with Crippen molar-refractivity contribution in [1.29, 1.82) is 0 Å². The Morgan fingerprint density at radius 1 is 1.03 bits per heavy atom. The van der Waals surface area contributed by atoms with Gasteiger partial charge in [0.2, 0.25) is 5.91 Å². The van der Waals surface area contributed by atoms with Crippen LogP contribution in [0.2, 0.25) is 0 Å². The van der Waals surface area contributed by atoms with E-state index in [4.69, 9.17) is 9.47 Å². The van der Waals surface area contributed by atoms with Gasteiger partial charge in [0.25, 0.3) is 5.91 Å². The zero-order valence-electron chi connectivity index (χ0n) is 20.5. The van der Waals surface area contributed by atoms with Crippen LogP contribution in [0.5, 0.6) is 11.5 Å². The third kappa shape index (κ3) is 5.44. The Morgan fingerprint density at radius 3 is 2.59 bits per heavy atom. The first kappa shape index (κ1) is 24.4. The number of amides is 2. The maximum Gasteiger partial charge on any atom is 0.255 e. The summed E-state index contributed by atoms with van der Waals surface area (Å²) < 4.78 is 11.6. The predicted octanol–water partition coefficient (Wildman–Crippen LogP) is 3.58. The Morgan fingerprint density at radius 2 is 1.81 bits per heavy atom. The summed E-state index contributed by atoms with van der Waals surface area (Å²) in [4.78, 5) is 27.9. The van der Waals surface area contributed by atoms with Gasteiger partial charge < -0.3 is 30.2 Å². The molecular formula is C29H29N3O5. The van der Waals surface area contributed by atoms with Gasteiger partial charge in [-0.2, -0.15) is 0 Å². The molecule has 8 heteroatoms. The zero-order chi connectivity index (χ0) is 25.8. The lowest BCUT2D eigenvalue weighted by Crippen LogP contribution is -2.39. The fraction of sp³-hybridized carbons (Fsp3) is 0.241. The van der Waals surface area contributed by atoms with E-state index in [9.17, 15) is 14.7 Å². The van der Waals surface area contributed by atoms with Gasteiger partial charge >= 0.3 is 0 Å². The number of hydrogen-bond acceptors (Lipinski definition) is 5. The number of nitrogens with one attached hydrogen (secondary N) is 3. The Labute approximate surface area is 214 Å². The molecule has 0 unspecified atom stereocenters. The molecule has 0 aliphatic carbocycles. The van der Waals surface area contributed by atoms with Crippen LogP contribution in [0, 0.1) is 0 Å². The van der Waals surface area contributed by atoms with E-state index >= 15 is 0 Å². The van der Waals surface area contributed by atoms with E-state index in [0.29, 0.717) is 43.2 Å². The van der Waals surface area contributed by atoms with Crippen LogP contribution >= 0.6 is 0 Å². The monoisotopic (exact) mass is 499 g/mol. The first-order valence-corrected chi connectivity index (χ1v) is 12.3. The molecule has 1 aromatic heterocycles. The van der Waals surface area contributed by atoms with Crippen molar-refractivity contribution in [3.8, 4) is 22.6 Å². The van der Waals surface area contributed by atoms with Gasteiger partial charge in [-0.15, -0.1) is 0 Å². The van der Waals surface area contributed by atoms with Gasteiger partial charge in [-0.05, 0) is 46.9 Å². The van der Waals surface area contributed by atoms with E-state index in [-0.39, 0.29) is 18.4 Å². The number of carbonyl (C=O) groups is 2. The molecule has 190 valence electrons. The lowest BCUT2D eigenvalue weighted by molar-refractivity contribution is -0.119. The van der Waals surface area contributed by atoms with Crippen molar-refractivity contribution in [1.82, 2.24) is 15.6 Å². The summed E-state index contributed by atoms with van der Waals surface area (Å²) in [6.07, 6.45) is 2.38. The highest BCUT2D eigenvalue weighted by molar-refractivity contribution is 5.99. The van der Waals surface area contributed by atoms with Gasteiger partial charge in [-0.25, -0.2) is 0 Å². The fourth-order valence-corrected chi connectivity index (χ4v) is 4.52. The minimum absolute atomic E-state index is 0.0857. The molecule has 4 N–H and O–H groups in total. The molecule has 1 aliphatic rings. The molecule has 0 radical (unpaired) electrons. The van der Waals surface area contributed by atoms with Crippen LogP contribution < -0.4 is 20.1 Å². The average Bonchev–Trinajstić information content (AvgIpc) is 3.33. The molecule has 2 heterocycles. The molecule has 0 spiro atoms. The maximum absolute atomic E-state index is 13.5. The highest BCUT2D eigenvalue weighted by Crippen LogP contribution is 2.38. The van der Waals surface area contributed by atoms with Crippen molar-refractivity contribution in [2.45, 2.75) is 25.9 Å². The van der Waals surface area contributed by atoms with Gasteiger partial charge in [0.1, 0.15) is 13.2 Å². The number of aliphatic hydroxyl groups excluding tert-OH is 1. The summed E-state index contributed by atoms with van der Waals surface area (Å²) in [7, 11) is 0. The summed E-state index contributed by atoms with van der Waals surface area (Å²) in [5.41, 5.74) is 5.05. The Kier molecular flexibility index (Phi) is 7.09. The SMILES string of the molecule is CC(=O)NCc1ccc(-c2cc3c(c(C(=O)N[C@@H](CO)Cc4c[nH]c5ccccc45)c2)OCCO3)cc1. The average molecular weight is 500 g/mol. The molecule has 0 fully saturated rings. The smallest absolute Gasteiger partial charge is 0.255 e. The van der Waals surface area contributed by atoms with E-state index < -0.39 is 6.04 Å². The Hall–Kier alpha value is -4.30. The minimum Gasteiger partial charge on any atom is -0.486 e. The second-order valence-electron chi connectivity index (χ2n) is 9.07. The highest BCUT2D eigenvalue weighted by Gasteiger charge is 2.25. The quantitative estimate of drug-likeness (QED) is 0.296. The van der Waals surface area contributed by atoms with E-state index in [1.54, 1.807) is 6.07 Å². The number of aliphatic hydroxyl groups is 1. The number of rotatable bonds is 8. The van der Waals surface area contributed by atoms with Crippen molar-refractivity contribution < 1.29 is 24.2 Å². The number of fused-ring (bicyclic) bond motifs is 2. The summed E-state index contributed by atoms with van der Waals surface area (Å²) in [5.74, 6) is 0.481. The number of para-hydroxylation sites is 1. The molecule has 8 nitrogen and oxygen atoms in total. The zero-order valence-corrected chi connectivity index (χ0v) is 20.5. The van der Waals surface area contributed by atoms with E-state index in [1.165, 1.54) is 6.92 Å². The number of ether oxygens (including phenoxy) is 2. The molecule has 0 saturated carbocycles. The molecule has 4 aromatic rings. The van der Waals surface area contributed by atoms with Crippen molar-refractivity contribution in [2.75, 3.05) is 19.8 Å². The number of benzene rings is 3. The molecule has 0 bridgehead atoms.